The highest BCUT2D eigenvalue weighted by atomic mass is 16.3. The quantitative estimate of drug-likeness (QED) is 0.744. The van der Waals surface area contributed by atoms with Crippen LogP contribution < -0.4 is 5.73 Å². The van der Waals surface area contributed by atoms with E-state index in [-0.39, 0.29) is 23.6 Å². The average Bonchev–Trinajstić information content (AvgIpc) is 3.05. The normalized spacial score (nSPS) is 17.6. The minimum atomic E-state index is 0.172. The molecule has 0 saturated carbocycles. The molecule has 0 radical (unpaired) electrons. The number of carbonyl (C=O) groups excluding carboxylic acids is 1. The number of H-pyrrole nitrogens is 1. The first-order valence-corrected chi connectivity index (χ1v) is 8.86. The van der Waals surface area contributed by atoms with Gasteiger partial charge in [-0.05, 0) is 49.8 Å². The summed E-state index contributed by atoms with van der Waals surface area (Å²) in [5.41, 5.74) is 6.68. The fraction of sp³-hybridized carbons (Fsp3) is 0.500. The minimum absolute atomic E-state index is 0.172. The van der Waals surface area contributed by atoms with E-state index in [1.165, 1.54) is 12.0 Å². The van der Waals surface area contributed by atoms with Crippen molar-refractivity contribution in [1.29, 1.82) is 0 Å². The lowest BCUT2D eigenvalue weighted by atomic mass is 9.95. The Morgan fingerprint density at radius 1 is 1.28 bits per heavy atom. The number of rotatable bonds is 6. The van der Waals surface area contributed by atoms with Gasteiger partial charge in [0.2, 0.25) is 11.9 Å². The van der Waals surface area contributed by atoms with E-state index in [1.807, 2.05) is 17.0 Å². The maximum absolute atomic E-state index is 12.6. The second kappa shape index (κ2) is 8.00. The van der Waals surface area contributed by atoms with Gasteiger partial charge in [0, 0.05) is 25.4 Å². The van der Waals surface area contributed by atoms with Crippen LogP contribution in [0.2, 0.25) is 0 Å². The van der Waals surface area contributed by atoms with Crippen LogP contribution in [-0.2, 0) is 17.6 Å². The zero-order valence-electron chi connectivity index (χ0n) is 14.3. The standard InChI is InChI=1S/C18H25N5O2/c19-18-20-16(21-22-18)10-11-17(25)23-12-2-1-3-14(23)7-4-13-5-8-15(24)9-6-13/h5-6,8-9,14,24H,1-4,7,10-12H2,(H3,19,20,21,22)/t14-/m1/s1. The number of nitrogen functional groups attached to an aromatic ring is 1. The molecular weight excluding hydrogens is 318 g/mol. The number of phenols is 1. The number of nitrogens with zero attached hydrogens (tertiary/aromatic N) is 3. The number of phenolic OH excluding ortho intramolecular Hbond substituents is 1. The van der Waals surface area contributed by atoms with Crippen molar-refractivity contribution in [2.75, 3.05) is 12.3 Å². The monoisotopic (exact) mass is 343 g/mol. The third kappa shape index (κ3) is 4.71. The first-order valence-electron chi connectivity index (χ1n) is 8.86. The molecule has 1 amide bonds. The molecule has 7 nitrogen and oxygen atoms in total. The first kappa shape index (κ1) is 17.3. The number of aromatic amines is 1. The number of hydrogen-bond donors (Lipinski definition) is 3. The molecule has 1 saturated heterocycles. The van der Waals surface area contributed by atoms with Gasteiger partial charge in [0.05, 0.1) is 0 Å². The van der Waals surface area contributed by atoms with Crippen molar-refractivity contribution in [3.8, 4) is 5.75 Å². The van der Waals surface area contributed by atoms with Crippen LogP contribution in [0.5, 0.6) is 5.75 Å². The Hall–Kier alpha value is -2.57. The summed E-state index contributed by atoms with van der Waals surface area (Å²) in [5.74, 6) is 1.33. The molecule has 1 aromatic carbocycles. The van der Waals surface area contributed by atoms with Gasteiger partial charge in [0.15, 0.2) is 0 Å². The lowest BCUT2D eigenvalue weighted by Gasteiger charge is -2.36. The number of benzene rings is 1. The molecule has 7 heteroatoms. The topological polar surface area (TPSA) is 108 Å². The largest absolute Gasteiger partial charge is 0.508 e. The van der Waals surface area contributed by atoms with E-state index in [1.54, 1.807) is 12.1 Å². The van der Waals surface area contributed by atoms with Gasteiger partial charge >= 0.3 is 0 Å². The molecule has 1 atom stereocenters. The number of aromatic nitrogens is 3. The number of amides is 1. The Morgan fingerprint density at radius 2 is 2.08 bits per heavy atom. The van der Waals surface area contributed by atoms with Crippen molar-refractivity contribution in [2.24, 2.45) is 0 Å². The third-order valence-corrected chi connectivity index (χ3v) is 4.77. The lowest BCUT2D eigenvalue weighted by molar-refractivity contribution is -0.135. The highest BCUT2D eigenvalue weighted by Gasteiger charge is 2.26. The molecule has 0 spiro atoms. The summed E-state index contributed by atoms with van der Waals surface area (Å²) in [7, 11) is 0. The molecule has 2 heterocycles. The summed E-state index contributed by atoms with van der Waals surface area (Å²) in [6.07, 6.45) is 6.10. The summed E-state index contributed by atoms with van der Waals surface area (Å²) in [4.78, 5) is 18.7. The molecule has 3 rings (SSSR count). The number of piperidine rings is 1. The summed E-state index contributed by atoms with van der Waals surface area (Å²) in [6, 6.07) is 7.59. The van der Waals surface area contributed by atoms with Crippen molar-refractivity contribution in [2.45, 2.75) is 51.0 Å². The second-order valence-electron chi connectivity index (χ2n) is 6.58. The fourth-order valence-electron chi connectivity index (χ4n) is 3.42. The van der Waals surface area contributed by atoms with Crippen LogP contribution in [0.15, 0.2) is 24.3 Å². The Morgan fingerprint density at radius 3 is 2.80 bits per heavy atom. The molecule has 1 aliphatic rings. The number of likely N-dealkylation sites (tertiary alicyclic amines) is 1. The van der Waals surface area contributed by atoms with Crippen LogP contribution >= 0.6 is 0 Å². The number of anilines is 1. The Balaban J connectivity index is 1.54. The van der Waals surface area contributed by atoms with Gasteiger partial charge in [-0.1, -0.05) is 12.1 Å². The van der Waals surface area contributed by atoms with Gasteiger partial charge in [0.25, 0.3) is 0 Å². The van der Waals surface area contributed by atoms with Crippen molar-refractivity contribution >= 4 is 11.9 Å². The summed E-state index contributed by atoms with van der Waals surface area (Å²) in [6.45, 7) is 0.831. The Labute approximate surface area is 147 Å². The van der Waals surface area contributed by atoms with Gasteiger partial charge in [-0.25, -0.2) is 0 Å². The molecule has 0 aliphatic carbocycles. The second-order valence-corrected chi connectivity index (χ2v) is 6.58. The maximum atomic E-state index is 12.6. The van der Waals surface area contributed by atoms with Gasteiger partial charge in [0.1, 0.15) is 11.6 Å². The van der Waals surface area contributed by atoms with Gasteiger partial charge in [-0.3, -0.25) is 9.89 Å². The van der Waals surface area contributed by atoms with Crippen LogP contribution in [0, 0.1) is 0 Å². The van der Waals surface area contributed by atoms with E-state index in [0.717, 1.165) is 32.2 Å². The maximum Gasteiger partial charge on any atom is 0.239 e. The molecule has 4 N–H and O–H groups in total. The summed E-state index contributed by atoms with van der Waals surface area (Å²) < 4.78 is 0. The zero-order chi connectivity index (χ0) is 17.6. The van der Waals surface area contributed by atoms with Crippen molar-refractivity contribution in [1.82, 2.24) is 20.1 Å². The SMILES string of the molecule is Nc1n[nH]c(CCC(=O)N2CCCC[C@@H]2CCc2ccc(O)cc2)n1. The Kier molecular flexibility index (Phi) is 5.53. The van der Waals surface area contributed by atoms with E-state index in [0.29, 0.717) is 18.7 Å². The number of hydrogen-bond acceptors (Lipinski definition) is 5. The lowest BCUT2D eigenvalue weighted by Crippen LogP contribution is -2.44. The van der Waals surface area contributed by atoms with E-state index < -0.39 is 0 Å². The Bertz CT molecular complexity index is 698. The molecule has 1 fully saturated rings. The summed E-state index contributed by atoms with van der Waals surface area (Å²) >= 11 is 0. The predicted molar refractivity (Wildman–Crippen MR) is 94.9 cm³/mol. The number of carbonyl (C=O) groups is 1. The third-order valence-electron chi connectivity index (χ3n) is 4.77. The number of nitrogens with two attached hydrogens (primary N) is 1. The van der Waals surface area contributed by atoms with E-state index >= 15 is 0 Å². The molecule has 0 bridgehead atoms. The average molecular weight is 343 g/mol. The van der Waals surface area contributed by atoms with E-state index in [2.05, 4.69) is 15.2 Å². The van der Waals surface area contributed by atoms with Crippen molar-refractivity contribution < 1.29 is 9.90 Å². The zero-order valence-corrected chi connectivity index (χ0v) is 14.3. The van der Waals surface area contributed by atoms with E-state index in [9.17, 15) is 9.90 Å². The van der Waals surface area contributed by atoms with Gasteiger partial charge < -0.3 is 15.7 Å². The first-order chi connectivity index (χ1) is 12.1. The molecular formula is C18H25N5O2. The van der Waals surface area contributed by atoms with Crippen LogP contribution in [0.25, 0.3) is 0 Å². The van der Waals surface area contributed by atoms with Crippen LogP contribution in [0.3, 0.4) is 0 Å². The highest BCUT2D eigenvalue weighted by molar-refractivity contribution is 5.76. The molecule has 0 unspecified atom stereocenters. The smallest absolute Gasteiger partial charge is 0.239 e. The fourth-order valence-corrected chi connectivity index (χ4v) is 3.42. The molecule has 1 aromatic heterocycles. The molecule has 25 heavy (non-hydrogen) atoms. The molecule has 134 valence electrons. The van der Waals surface area contributed by atoms with Crippen LogP contribution in [-0.4, -0.2) is 43.7 Å². The predicted octanol–water partition coefficient (Wildman–Crippen LogP) is 2.04. The van der Waals surface area contributed by atoms with Gasteiger partial charge in [-0.15, -0.1) is 5.10 Å². The number of nitrogens with one attached hydrogen (secondary N) is 1. The molecule has 1 aliphatic heterocycles. The molecule has 2 aromatic rings. The number of aromatic hydroxyl groups is 1. The van der Waals surface area contributed by atoms with Crippen LogP contribution in [0.1, 0.15) is 43.5 Å². The number of aryl methyl sites for hydroxylation is 2. The van der Waals surface area contributed by atoms with Crippen molar-refractivity contribution in [3.63, 3.8) is 0 Å². The highest BCUT2D eigenvalue weighted by Crippen LogP contribution is 2.23. The summed E-state index contributed by atoms with van der Waals surface area (Å²) in [5, 5.41) is 15.9. The van der Waals surface area contributed by atoms with Gasteiger partial charge in [-0.2, -0.15) is 4.98 Å². The minimum Gasteiger partial charge on any atom is -0.508 e. The van der Waals surface area contributed by atoms with Crippen LogP contribution in [0.4, 0.5) is 5.95 Å². The van der Waals surface area contributed by atoms with Crippen molar-refractivity contribution in [3.05, 3.63) is 35.7 Å². The van der Waals surface area contributed by atoms with E-state index in [4.69, 9.17) is 5.73 Å².